The number of carbonyl (C=O) groups is 1. The highest BCUT2D eigenvalue weighted by Gasteiger charge is 2.21. The van der Waals surface area contributed by atoms with Crippen LogP contribution in [0.4, 0.5) is 0 Å². The Balaban J connectivity index is 0.00000225. The molecule has 1 aliphatic carbocycles. The van der Waals surface area contributed by atoms with Crippen LogP contribution in [0.2, 0.25) is 0 Å². The summed E-state index contributed by atoms with van der Waals surface area (Å²) in [5.74, 6) is 1.42. The Hall–Kier alpha value is -0.280. The molecule has 1 saturated carbocycles. The topological polar surface area (TPSA) is 55.1 Å². The van der Waals surface area contributed by atoms with E-state index in [9.17, 15) is 4.79 Å². The summed E-state index contributed by atoms with van der Waals surface area (Å²) in [6.07, 6.45) is 5.43. The van der Waals surface area contributed by atoms with Gasteiger partial charge in [-0.05, 0) is 31.1 Å². The summed E-state index contributed by atoms with van der Waals surface area (Å²) >= 11 is 0. The van der Waals surface area contributed by atoms with E-state index in [1.54, 1.807) is 0 Å². The highest BCUT2D eigenvalue weighted by Crippen LogP contribution is 2.29. The average molecular weight is 249 g/mol. The van der Waals surface area contributed by atoms with Crippen LogP contribution in [0.25, 0.3) is 0 Å². The van der Waals surface area contributed by atoms with Crippen molar-refractivity contribution in [2.45, 2.75) is 52.0 Å². The van der Waals surface area contributed by atoms with Crippen molar-refractivity contribution in [3.05, 3.63) is 0 Å². The molecule has 0 aromatic carbocycles. The van der Waals surface area contributed by atoms with Crippen LogP contribution in [-0.2, 0) is 4.79 Å². The fraction of sp³-hybridized carbons (Fsp3) is 0.917. The lowest BCUT2D eigenvalue weighted by Gasteiger charge is -2.26. The Kier molecular flexibility index (Phi) is 7.77. The molecule has 1 fully saturated rings. The van der Waals surface area contributed by atoms with Crippen LogP contribution in [0.3, 0.4) is 0 Å². The van der Waals surface area contributed by atoms with Crippen LogP contribution in [0.5, 0.6) is 0 Å². The first kappa shape index (κ1) is 15.7. The first-order valence-corrected chi connectivity index (χ1v) is 6.11. The highest BCUT2D eigenvalue weighted by atomic mass is 35.5. The van der Waals surface area contributed by atoms with Crippen LogP contribution < -0.4 is 11.1 Å². The van der Waals surface area contributed by atoms with Crippen LogP contribution in [0, 0.1) is 11.8 Å². The molecule has 0 aromatic rings. The Morgan fingerprint density at radius 3 is 2.44 bits per heavy atom. The number of nitrogens with two attached hydrogens (primary N) is 1. The van der Waals surface area contributed by atoms with Crippen molar-refractivity contribution in [3.63, 3.8) is 0 Å². The lowest BCUT2D eigenvalue weighted by Crippen LogP contribution is -2.42. The fourth-order valence-corrected chi connectivity index (χ4v) is 2.03. The Bertz CT molecular complexity index is 205. The molecule has 4 heteroatoms. The minimum absolute atomic E-state index is 0. The van der Waals surface area contributed by atoms with E-state index in [-0.39, 0.29) is 24.4 Å². The molecule has 16 heavy (non-hydrogen) atoms. The Morgan fingerprint density at radius 2 is 2.06 bits per heavy atom. The molecule has 0 saturated heterocycles. The first-order valence-electron chi connectivity index (χ1n) is 6.11. The molecule has 3 N–H and O–H groups in total. The molecule has 1 amide bonds. The third-order valence-electron chi connectivity index (χ3n) is 3.10. The summed E-state index contributed by atoms with van der Waals surface area (Å²) in [6, 6.07) is 0.164. The SMILES string of the molecule is CC(C)CC(CN)NC(=O)CC1CCC1.Cl. The highest BCUT2D eigenvalue weighted by molar-refractivity contribution is 5.85. The minimum atomic E-state index is 0. The van der Waals surface area contributed by atoms with Gasteiger partial charge in [-0.15, -0.1) is 12.4 Å². The quantitative estimate of drug-likeness (QED) is 0.756. The Labute approximate surface area is 105 Å². The van der Waals surface area contributed by atoms with Gasteiger partial charge in [-0.1, -0.05) is 20.3 Å². The second kappa shape index (κ2) is 7.91. The van der Waals surface area contributed by atoms with Crippen LogP contribution in [-0.4, -0.2) is 18.5 Å². The van der Waals surface area contributed by atoms with Crippen LogP contribution in [0.15, 0.2) is 0 Å². The number of hydrogen-bond acceptors (Lipinski definition) is 2. The molecular formula is C12H25ClN2O. The smallest absolute Gasteiger partial charge is 0.220 e. The van der Waals surface area contributed by atoms with Gasteiger partial charge in [0.25, 0.3) is 0 Å². The van der Waals surface area contributed by atoms with Crippen molar-refractivity contribution in [1.82, 2.24) is 5.32 Å². The molecule has 0 spiro atoms. The van der Waals surface area contributed by atoms with E-state index >= 15 is 0 Å². The van der Waals surface area contributed by atoms with Gasteiger partial charge in [0.15, 0.2) is 0 Å². The van der Waals surface area contributed by atoms with Crippen molar-refractivity contribution in [3.8, 4) is 0 Å². The van der Waals surface area contributed by atoms with Gasteiger partial charge in [-0.3, -0.25) is 4.79 Å². The zero-order chi connectivity index (χ0) is 11.3. The monoisotopic (exact) mass is 248 g/mol. The lowest BCUT2D eigenvalue weighted by molar-refractivity contribution is -0.123. The largest absolute Gasteiger partial charge is 0.352 e. The summed E-state index contributed by atoms with van der Waals surface area (Å²) in [5, 5.41) is 3.03. The van der Waals surface area contributed by atoms with Gasteiger partial charge < -0.3 is 11.1 Å². The number of nitrogens with one attached hydrogen (secondary N) is 1. The molecule has 1 atom stereocenters. The third-order valence-corrected chi connectivity index (χ3v) is 3.10. The van der Waals surface area contributed by atoms with Gasteiger partial charge in [0.1, 0.15) is 0 Å². The summed E-state index contributed by atoms with van der Waals surface area (Å²) in [7, 11) is 0. The average Bonchev–Trinajstić information content (AvgIpc) is 2.09. The van der Waals surface area contributed by atoms with Crippen molar-refractivity contribution in [1.29, 1.82) is 0 Å². The van der Waals surface area contributed by atoms with Gasteiger partial charge in [0.2, 0.25) is 5.91 Å². The zero-order valence-corrected chi connectivity index (χ0v) is 11.2. The predicted molar refractivity (Wildman–Crippen MR) is 69.6 cm³/mol. The van der Waals surface area contributed by atoms with E-state index in [0.717, 1.165) is 6.42 Å². The molecule has 1 aliphatic rings. The second-order valence-electron chi connectivity index (χ2n) is 5.13. The fourth-order valence-electron chi connectivity index (χ4n) is 2.03. The van der Waals surface area contributed by atoms with Crippen LogP contribution >= 0.6 is 12.4 Å². The maximum atomic E-state index is 11.6. The minimum Gasteiger partial charge on any atom is -0.352 e. The third kappa shape index (κ3) is 5.71. The van der Waals surface area contributed by atoms with Crippen molar-refractivity contribution < 1.29 is 4.79 Å². The van der Waals surface area contributed by atoms with E-state index in [1.807, 2.05) is 0 Å². The first-order chi connectivity index (χ1) is 7.11. The number of carbonyl (C=O) groups excluding carboxylic acids is 1. The molecule has 1 unspecified atom stereocenters. The molecule has 3 nitrogen and oxygen atoms in total. The molecule has 0 aliphatic heterocycles. The van der Waals surface area contributed by atoms with Gasteiger partial charge in [0, 0.05) is 19.0 Å². The molecule has 0 bridgehead atoms. The van der Waals surface area contributed by atoms with E-state index in [1.165, 1.54) is 19.3 Å². The molecule has 0 aromatic heterocycles. The van der Waals surface area contributed by atoms with E-state index < -0.39 is 0 Å². The number of hydrogen-bond donors (Lipinski definition) is 2. The molecular weight excluding hydrogens is 224 g/mol. The predicted octanol–water partition coefficient (Wildman–Crippen LogP) is 2.09. The molecule has 1 rings (SSSR count). The summed E-state index contributed by atoms with van der Waals surface area (Å²) < 4.78 is 0. The molecule has 0 radical (unpaired) electrons. The number of rotatable bonds is 6. The normalized spacial score (nSPS) is 17.5. The second-order valence-corrected chi connectivity index (χ2v) is 5.13. The van der Waals surface area contributed by atoms with Gasteiger partial charge in [-0.2, -0.15) is 0 Å². The zero-order valence-electron chi connectivity index (χ0n) is 10.4. The standard InChI is InChI=1S/C12H24N2O.ClH/c1-9(2)6-11(8-13)14-12(15)7-10-4-3-5-10;/h9-11H,3-8,13H2,1-2H3,(H,14,15);1H. The van der Waals surface area contributed by atoms with E-state index in [0.29, 0.717) is 24.8 Å². The van der Waals surface area contributed by atoms with E-state index in [4.69, 9.17) is 5.73 Å². The maximum Gasteiger partial charge on any atom is 0.220 e. The summed E-state index contributed by atoms with van der Waals surface area (Å²) in [6.45, 7) is 4.86. The maximum absolute atomic E-state index is 11.6. The molecule has 96 valence electrons. The van der Waals surface area contributed by atoms with Gasteiger partial charge >= 0.3 is 0 Å². The van der Waals surface area contributed by atoms with Gasteiger partial charge in [0.05, 0.1) is 0 Å². The van der Waals surface area contributed by atoms with Crippen molar-refractivity contribution in [2.24, 2.45) is 17.6 Å². The number of halogens is 1. The lowest BCUT2D eigenvalue weighted by atomic mass is 9.83. The number of amides is 1. The Morgan fingerprint density at radius 1 is 1.44 bits per heavy atom. The summed E-state index contributed by atoms with van der Waals surface area (Å²) in [4.78, 5) is 11.6. The van der Waals surface area contributed by atoms with Crippen molar-refractivity contribution >= 4 is 18.3 Å². The van der Waals surface area contributed by atoms with Crippen molar-refractivity contribution in [2.75, 3.05) is 6.54 Å². The van der Waals surface area contributed by atoms with E-state index in [2.05, 4.69) is 19.2 Å². The summed E-state index contributed by atoms with van der Waals surface area (Å²) in [5.41, 5.74) is 5.63. The van der Waals surface area contributed by atoms with Gasteiger partial charge in [-0.25, -0.2) is 0 Å². The molecule has 0 heterocycles. The van der Waals surface area contributed by atoms with Crippen LogP contribution in [0.1, 0.15) is 46.0 Å².